The number of nitrogen functional groups attached to an aromatic ring is 4. The number of halogens is 12. The quantitative estimate of drug-likeness (QED) is 0.0700. The van der Waals surface area contributed by atoms with Gasteiger partial charge in [-0.1, -0.05) is 60.7 Å². The second-order valence-electron chi connectivity index (χ2n) is 16.3. The van der Waals surface area contributed by atoms with Crippen molar-refractivity contribution in [3.63, 3.8) is 0 Å². The van der Waals surface area contributed by atoms with Gasteiger partial charge in [0.1, 0.15) is 46.0 Å². The molecule has 0 saturated heterocycles. The molecule has 0 atom stereocenters. The van der Waals surface area contributed by atoms with Gasteiger partial charge in [0.15, 0.2) is 0 Å². The van der Waals surface area contributed by atoms with Crippen molar-refractivity contribution in [2.24, 2.45) is 0 Å². The first kappa shape index (κ1) is 53.1. The zero-order valence-electron chi connectivity index (χ0n) is 38.0. The van der Waals surface area contributed by atoms with Crippen LogP contribution in [0.4, 0.5) is 75.4 Å². The van der Waals surface area contributed by atoms with Gasteiger partial charge in [-0.05, 0) is 144 Å². The van der Waals surface area contributed by atoms with Crippen LogP contribution in [0.1, 0.15) is 22.3 Å². The Labute approximate surface area is 414 Å². The summed E-state index contributed by atoms with van der Waals surface area (Å²) < 4.78 is 198. The number of hydrogen-bond acceptors (Lipinski definition) is 8. The van der Waals surface area contributed by atoms with Crippen LogP contribution in [-0.2, 0) is 10.8 Å². The monoisotopic (exact) mass is 1040 g/mol. The molecule has 0 aromatic heterocycles. The largest absolute Gasteiger partial charge is 0.457 e. The van der Waals surface area contributed by atoms with E-state index >= 15 is 0 Å². The predicted molar refractivity (Wildman–Crippen MR) is 255 cm³/mol. The highest BCUT2D eigenvalue weighted by Gasteiger charge is 2.74. The average molecular weight is 1040 g/mol. The zero-order valence-corrected chi connectivity index (χ0v) is 38.0. The Hall–Kier alpha value is -8.68. The molecule has 0 aliphatic heterocycles. The van der Waals surface area contributed by atoms with Crippen LogP contribution in [0.25, 0.3) is 0 Å². The Morgan fingerprint density at radius 1 is 0.230 bits per heavy atom. The minimum absolute atomic E-state index is 0.152. The number of rotatable bonds is 12. The van der Waals surface area contributed by atoms with E-state index < -0.39 is 57.8 Å². The highest BCUT2D eigenvalue weighted by atomic mass is 19.4. The van der Waals surface area contributed by atoms with E-state index in [-0.39, 0.29) is 46.0 Å². The standard InChI is InChI=1S/2C27H20F6N2O2/c28-26(29,30)25(27(31,32)33,17-5-1-9-21(13-17)36-23-11-3-7-19(34)15-23)18-6-2-10-22(14-18)37-24-12-4-8-20(35)16-24;28-26(29,30)25(27(31,32)33,17-3-1-5-23(15-17)36-21-11-7-19(34)8-12-21)18-4-2-6-24(16-18)37-22-13-9-20(35)10-14-22/h2*1-16H,34-35H2. The molecule has 0 radical (unpaired) electrons. The van der Waals surface area contributed by atoms with Crippen LogP contribution < -0.4 is 41.9 Å². The van der Waals surface area contributed by atoms with E-state index in [2.05, 4.69) is 0 Å². The van der Waals surface area contributed by atoms with Crippen molar-refractivity contribution in [2.75, 3.05) is 22.9 Å². The summed E-state index contributed by atoms with van der Waals surface area (Å²) in [5.41, 5.74) is 11.0. The maximum absolute atomic E-state index is 14.6. The predicted octanol–water partition coefficient (Wildman–Crippen LogP) is 15.7. The molecule has 8 aromatic rings. The first-order valence-electron chi connectivity index (χ1n) is 21.6. The fourth-order valence-electron chi connectivity index (χ4n) is 7.91. The lowest BCUT2D eigenvalue weighted by Gasteiger charge is -2.38. The van der Waals surface area contributed by atoms with Gasteiger partial charge < -0.3 is 41.9 Å². The normalized spacial score (nSPS) is 12.3. The Morgan fingerprint density at radius 2 is 0.446 bits per heavy atom. The lowest BCUT2D eigenvalue weighted by molar-refractivity contribution is -0.290. The second kappa shape index (κ2) is 20.8. The Balaban J connectivity index is 0.000000216. The smallest absolute Gasteiger partial charge is 0.411 e. The van der Waals surface area contributed by atoms with Gasteiger partial charge >= 0.3 is 24.7 Å². The molecule has 0 aliphatic carbocycles. The summed E-state index contributed by atoms with van der Waals surface area (Å²) in [6, 6.07) is 38.9. The van der Waals surface area contributed by atoms with Crippen LogP contribution in [0.15, 0.2) is 194 Å². The van der Waals surface area contributed by atoms with Crippen molar-refractivity contribution in [1.82, 2.24) is 0 Å². The molecular formula is C54H40F12N4O4. The summed E-state index contributed by atoms with van der Waals surface area (Å²) in [7, 11) is 0. The first-order chi connectivity index (χ1) is 34.8. The van der Waals surface area contributed by atoms with Gasteiger partial charge in [0, 0.05) is 34.9 Å². The molecule has 74 heavy (non-hydrogen) atoms. The summed E-state index contributed by atoms with van der Waals surface area (Å²) in [5.74, 6) is -0.201. The van der Waals surface area contributed by atoms with Crippen LogP contribution >= 0.6 is 0 Å². The molecule has 0 saturated carbocycles. The lowest BCUT2D eigenvalue weighted by atomic mass is 9.73. The number of hydrogen-bond donors (Lipinski definition) is 4. The molecule has 0 aliphatic rings. The zero-order chi connectivity index (χ0) is 53.7. The summed E-state index contributed by atoms with van der Waals surface area (Å²) in [6.07, 6.45) is -23.1. The number of ether oxygens (including phenoxy) is 4. The van der Waals surface area contributed by atoms with Crippen molar-refractivity contribution >= 4 is 22.7 Å². The molecule has 0 heterocycles. The Morgan fingerprint density at radius 3 is 0.676 bits per heavy atom. The topological polar surface area (TPSA) is 141 Å². The average Bonchev–Trinajstić information content (AvgIpc) is 3.30. The highest BCUT2D eigenvalue weighted by molar-refractivity contribution is 5.54. The summed E-state index contributed by atoms with van der Waals surface area (Å²) >= 11 is 0. The molecule has 0 spiro atoms. The Bertz CT molecular complexity index is 2980. The van der Waals surface area contributed by atoms with Gasteiger partial charge in [0.2, 0.25) is 10.8 Å². The van der Waals surface area contributed by atoms with Gasteiger partial charge in [-0.2, -0.15) is 52.7 Å². The van der Waals surface area contributed by atoms with Gasteiger partial charge in [-0.15, -0.1) is 0 Å². The van der Waals surface area contributed by atoms with Crippen molar-refractivity contribution < 1.29 is 71.6 Å². The molecular weight excluding hydrogens is 997 g/mol. The fourth-order valence-corrected chi connectivity index (χ4v) is 7.91. The van der Waals surface area contributed by atoms with Crippen LogP contribution in [0.5, 0.6) is 46.0 Å². The van der Waals surface area contributed by atoms with E-state index in [1.165, 1.54) is 109 Å². The van der Waals surface area contributed by atoms with Crippen LogP contribution in [-0.4, -0.2) is 24.7 Å². The summed E-state index contributed by atoms with van der Waals surface area (Å²) in [6.45, 7) is 0. The molecule has 0 bridgehead atoms. The van der Waals surface area contributed by atoms with Crippen molar-refractivity contribution in [3.8, 4) is 46.0 Å². The Kier molecular flexibility index (Phi) is 14.9. The molecule has 8 aromatic carbocycles. The van der Waals surface area contributed by atoms with Gasteiger partial charge in [-0.25, -0.2) is 0 Å². The first-order valence-corrected chi connectivity index (χ1v) is 21.6. The number of anilines is 4. The summed E-state index contributed by atoms with van der Waals surface area (Å²) in [5, 5.41) is 0. The third kappa shape index (κ3) is 11.3. The molecule has 8 rings (SSSR count). The molecule has 20 heteroatoms. The SMILES string of the molecule is Nc1ccc(Oc2cccc(C(c3cccc(Oc4ccc(N)cc4)c3)(C(F)(F)F)C(F)(F)F)c2)cc1.Nc1cccc(Oc2cccc(C(c3cccc(Oc4cccc(N)c4)c3)(C(F)(F)F)C(F)(F)F)c2)c1. The molecule has 8 N–H and O–H groups in total. The van der Waals surface area contributed by atoms with Gasteiger partial charge in [0.25, 0.3) is 0 Å². The molecule has 0 amide bonds. The second-order valence-corrected chi connectivity index (χ2v) is 16.3. The van der Waals surface area contributed by atoms with Gasteiger partial charge in [0.05, 0.1) is 0 Å². The van der Waals surface area contributed by atoms with E-state index in [0.717, 1.165) is 72.8 Å². The number of nitrogens with two attached hydrogens (primary N) is 4. The lowest BCUT2D eigenvalue weighted by Crippen LogP contribution is -2.54. The van der Waals surface area contributed by atoms with Crippen LogP contribution in [0.2, 0.25) is 0 Å². The maximum Gasteiger partial charge on any atom is 0.411 e. The molecule has 8 nitrogen and oxygen atoms in total. The van der Waals surface area contributed by atoms with Crippen molar-refractivity contribution in [3.05, 3.63) is 216 Å². The van der Waals surface area contributed by atoms with E-state index in [0.29, 0.717) is 22.7 Å². The van der Waals surface area contributed by atoms with E-state index in [1.807, 2.05) is 0 Å². The van der Waals surface area contributed by atoms with Crippen LogP contribution in [0, 0.1) is 0 Å². The minimum atomic E-state index is -5.78. The number of alkyl halides is 12. The summed E-state index contributed by atoms with van der Waals surface area (Å²) in [4.78, 5) is 0. The van der Waals surface area contributed by atoms with Crippen molar-refractivity contribution in [1.29, 1.82) is 0 Å². The van der Waals surface area contributed by atoms with Gasteiger partial charge in [-0.3, -0.25) is 0 Å². The van der Waals surface area contributed by atoms with Crippen LogP contribution in [0.3, 0.4) is 0 Å². The van der Waals surface area contributed by atoms with E-state index in [9.17, 15) is 52.7 Å². The number of benzene rings is 8. The highest BCUT2D eigenvalue weighted by Crippen LogP contribution is 2.59. The van der Waals surface area contributed by atoms with E-state index in [1.54, 1.807) is 12.1 Å². The minimum Gasteiger partial charge on any atom is -0.457 e. The fraction of sp³-hybridized carbons (Fsp3) is 0.111. The van der Waals surface area contributed by atoms with E-state index in [4.69, 9.17) is 41.9 Å². The third-order valence-electron chi connectivity index (χ3n) is 11.2. The third-order valence-corrected chi connectivity index (χ3v) is 11.2. The maximum atomic E-state index is 14.6. The van der Waals surface area contributed by atoms with Crippen molar-refractivity contribution in [2.45, 2.75) is 35.5 Å². The molecule has 384 valence electrons. The molecule has 0 fully saturated rings. The molecule has 0 unspecified atom stereocenters.